The van der Waals surface area contributed by atoms with Crippen molar-refractivity contribution < 1.29 is 4.74 Å². The maximum Gasteiger partial charge on any atom is 0.189 e. The Bertz CT molecular complexity index is 629. The molecule has 0 atom stereocenters. The lowest BCUT2D eigenvalue weighted by atomic mass is 10.2. The number of guanidine groups is 1. The molecule has 3 rings (SSSR count). The van der Waals surface area contributed by atoms with Gasteiger partial charge in [0.2, 0.25) is 0 Å². The smallest absolute Gasteiger partial charge is 0.189 e. The van der Waals surface area contributed by atoms with Gasteiger partial charge >= 0.3 is 0 Å². The molecule has 0 bridgehead atoms. The van der Waals surface area contributed by atoms with E-state index < -0.39 is 0 Å². The molecular weight excluding hydrogens is 282 g/mol. The third kappa shape index (κ3) is 3.76. The van der Waals surface area contributed by atoms with Crippen molar-refractivity contribution >= 4 is 17.3 Å². The SMILES string of the molecule is COc1ccc(-c2ccc(CN=C(N)NC3CC3)s2)cc1. The van der Waals surface area contributed by atoms with Crippen LogP contribution in [0.25, 0.3) is 10.4 Å². The van der Waals surface area contributed by atoms with Gasteiger partial charge in [-0.2, -0.15) is 0 Å². The summed E-state index contributed by atoms with van der Waals surface area (Å²) in [4.78, 5) is 6.83. The second-order valence-electron chi connectivity index (χ2n) is 5.11. The fraction of sp³-hybridized carbons (Fsp3) is 0.312. The van der Waals surface area contributed by atoms with E-state index in [4.69, 9.17) is 10.5 Å². The molecule has 2 aromatic rings. The number of methoxy groups -OCH3 is 1. The van der Waals surface area contributed by atoms with Crippen LogP contribution in [0.2, 0.25) is 0 Å². The number of nitrogens with zero attached hydrogens (tertiary/aromatic N) is 1. The van der Waals surface area contributed by atoms with Crippen molar-refractivity contribution in [3.8, 4) is 16.2 Å². The molecular formula is C16H19N3OS. The minimum absolute atomic E-state index is 0.548. The molecule has 1 fully saturated rings. The minimum Gasteiger partial charge on any atom is -0.497 e. The van der Waals surface area contributed by atoms with Gasteiger partial charge in [-0.1, -0.05) is 0 Å². The first-order valence-corrected chi connectivity index (χ1v) is 7.86. The van der Waals surface area contributed by atoms with E-state index in [9.17, 15) is 0 Å². The lowest BCUT2D eigenvalue weighted by molar-refractivity contribution is 0.415. The first-order valence-electron chi connectivity index (χ1n) is 7.04. The minimum atomic E-state index is 0.548. The number of aliphatic imine (C=N–C) groups is 1. The number of ether oxygens (including phenoxy) is 1. The average Bonchev–Trinajstić information content (AvgIpc) is 3.19. The van der Waals surface area contributed by atoms with Crippen molar-refractivity contribution in [3.63, 3.8) is 0 Å². The first kappa shape index (κ1) is 13.9. The third-order valence-electron chi connectivity index (χ3n) is 3.37. The van der Waals surface area contributed by atoms with E-state index >= 15 is 0 Å². The molecule has 21 heavy (non-hydrogen) atoms. The Balaban J connectivity index is 1.64. The van der Waals surface area contributed by atoms with E-state index in [1.54, 1.807) is 18.4 Å². The van der Waals surface area contributed by atoms with Crippen LogP contribution in [0.15, 0.2) is 41.4 Å². The quantitative estimate of drug-likeness (QED) is 0.659. The second kappa shape index (κ2) is 6.18. The molecule has 5 heteroatoms. The molecule has 1 saturated carbocycles. The Morgan fingerprint density at radius 3 is 2.71 bits per heavy atom. The van der Waals surface area contributed by atoms with Gasteiger partial charge in [0.1, 0.15) is 5.75 Å². The molecule has 4 nitrogen and oxygen atoms in total. The summed E-state index contributed by atoms with van der Waals surface area (Å²) in [5.41, 5.74) is 7.04. The highest BCUT2D eigenvalue weighted by molar-refractivity contribution is 7.15. The third-order valence-corrected chi connectivity index (χ3v) is 4.49. The highest BCUT2D eigenvalue weighted by Gasteiger charge is 2.21. The molecule has 110 valence electrons. The topological polar surface area (TPSA) is 59.6 Å². The van der Waals surface area contributed by atoms with Crippen LogP contribution < -0.4 is 15.8 Å². The van der Waals surface area contributed by atoms with Gasteiger partial charge in [-0.15, -0.1) is 11.3 Å². The lowest BCUT2D eigenvalue weighted by Gasteiger charge is -2.02. The molecule has 1 aromatic heterocycles. The standard InChI is InChI=1S/C16H19N3OS/c1-20-13-6-2-11(3-7-13)15-9-8-14(21-15)10-18-16(17)19-12-4-5-12/h2-3,6-9,12H,4-5,10H2,1H3,(H3,17,18,19). The van der Waals surface area contributed by atoms with Gasteiger partial charge in [-0.3, -0.25) is 0 Å². The molecule has 0 amide bonds. The van der Waals surface area contributed by atoms with Crippen LogP contribution in [-0.4, -0.2) is 19.1 Å². The summed E-state index contributed by atoms with van der Waals surface area (Å²) < 4.78 is 5.18. The summed E-state index contributed by atoms with van der Waals surface area (Å²) in [7, 11) is 1.68. The summed E-state index contributed by atoms with van der Waals surface area (Å²) in [5.74, 6) is 1.43. The van der Waals surface area contributed by atoms with E-state index in [0.29, 0.717) is 18.5 Å². The van der Waals surface area contributed by atoms with Crippen LogP contribution in [0.4, 0.5) is 0 Å². The fourth-order valence-corrected chi connectivity index (χ4v) is 2.96. The second-order valence-corrected chi connectivity index (χ2v) is 6.28. The van der Waals surface area contributed by atoms with E-state index in [1.165, 1.54) is 28.2 Å². The zero-order chi connectivity index (χ0) is 14.7. The highest BCUT2D eigenvalue weighted by Crippen LogP contribution is 2.29. The molecule has 0 saturated heterocycles. The first-order chi connectivity index (χ1) is 10.2. The Labute approximate surface area is 128 Å². The lowest BCUT2D eigenvalue weighted by Crippen LogP contribution is -2.33. The van der Waals surface area contributed by atoms with Crippen LogP contribution >= 0.6 is 11.3 Å². The van der Waals surface area contributed by atoms with Crippen molar-refractivity contribution in [3.05, 3.63) is 41.3 Å². The molecule has 1 aliphatic carbocycles. The van der Waals surface area contributed by atoms with Crippen LogP contribution in [0.5, 0.6) is 5.75 Å². The molecule has 0 unspecified atom stereocenters. The van der Waals surface area contributed by atoms with Crippen molar-refractivity contribution in [2.75, 3.05) is 7.11 Å². The Hall–Kier alpha value is -2.01. The summed E-state index contributed by atoms with van der Waals surface area (Å²) in [6.07, 6.45) is 2.41. The number of thiophene rings is 1. The monoisotopic (exact) mass is 301 g/mol. The predicted octanol–water partition coefficient (Wildman–Crippen LogP) is 2.99. The predicted molar refractivity (Wildman–Crippen MR) is 87.8 cm³/mol. The van der Waals surface area contributed by atoms with Crippen molar-refractivity contribution in [1.29, 1.82) is 0 Å². The molecule has 0 spiro atoms. The summed E-state index contributed by atoms with van der Waals surface area (Å²) in [5, 5.41) is 3.19. The van der Waals surface area contributed by atoms with Gasteiger partial charge in [-0.05, 0) is 54.8 Å². The molecule has 0 radical (unpaired) electrons. The zero-order valence-corrected chi connectivity index (χ0v) is 12.8. The normalized spacial score (nSPS) is 15.0. The van der Waals surface area contributed by atoms with Crippen LogP contribution in [0.3, 0.4) is 0 Å². The van der Waals surface area contributed by atoms with Gasteiger partial charge in [0.05, 0.1) is 13.7 Å². The van der Waals surface area contributed by atoms with Crippen molar-refractivity contribution in [2.24, 2.45) is 10.7 Å². The van der Waals surface area contributed by atoms with E-state index in [2.05, 4.69) is 34.6 Å². The van der Waals surface area contributed by atoms with Gasteiger partial charge in [0.25, 0.3) is 0 Å². The van der Waals surface area contributed by atoms with Crippen LogP contribution in [0.1, 0.15) is 17.7 Å². The Morgan fingerprint density at radius 2 is 2.05 bits per heavy atom. The average molecular weight is 301 g/mol. The van der Waals surface area contributed by atoms with Crippen LogP contribution in [0, 0.1) is 0 Å². The fourth-order valence-electron chi connectivity index (χ4n) is 2.02. The summed E-state index contributed by atoms with van der Waals surface area (Å²) in [6.45, 7) is 0.631. The summed E-state index contributed by atoms with van der Waals surface area (Å²) in [6, 6.07) is 12.9. The highest BCUT2D eigenvalue weighted by atomic mass is 32.1. The van der Waals surface area contributed by atoms with Crippen molar-refractivity contribution in [1.82, 2.24) is 5.32 Å². The Morgan fingerprint density at radius 1 is 1.29 bits per heavy atom. The largest absolute Gasteiger partial charge is 0.497 e. The molecule has 0 aliphatic heterocycles. The number of nitrogens with one attached hydrogen (secondary N) is 1. The van der Waals surface area contributed by atoms with Crippen LogP contribution in [-0.2, 0) is 6.54 Å². The number of hydrogen-bond donors (Lipinski definition) is 2. The van der Waals surface area contributed by atoms with Gasteiger partial charge in [0.15, 0.2) is 5.96 Å². The van der Waals surface area contributed by atoms with E-state index in [1.807, 2.05) is 12.1 Å². The number of rotatable bonds is 5. The number of benzene rings is 1. The number of hydrogen-bond acceptors (Lipinski definition) is 3. The van der Waals surface area contributed by atoms with Crippen molar-refractivity contribution in [2.45, 2.75) is 25.4 Å². The van der Waals surface area contributed by atoms with Gasteiger partial charge in [0, 0.05) is 15.8 Å². The van der Waals surface area contributed by atoms with Gasteiger partial charge < -0.3 is 15.8 Å². The zero-order valence-electron chi connectivity index (χ0n) is 12.0. The maximum atomic E-state index is 5.84. The van der Waals surface area contributed by atoms with E-state index in [-0.39, 0.29) is 0 Å². The van der Waals surface area contributed by atoms with E-state index in [0.717, 1.165) is 5.75 Å². The molecule has 1 heterocycles. The number of nitrogens with two attached hydrogens (primary N) is 1. The molecule has 1 aliphatic rings. The molecule has 3 N–H and O–H groups in total. The maximum absolute atomic E-state index is 5.84. The summed E-state index contributed by atoms with van der Waals surface area (Å²) >= 11 is 1.74. The van der Waals surface area contributed by atoms with Gasteiger partial charge in [-0.25, -0.2) is 4.99 Å². The Kier molecular flexibility index (Phi) is 4.10. The molecule has 1 aromatic carbocycles.